The smallest absolute Gasteiger partial charge is 0.131 e. The number of aryl methyl sites for hydroxylation is 1. The fourth-order valence-electron chi connectivity index (χ4n) is 3.02. The van der Waals surface area contributed by atoms with Crippen LogP contribution < -0.4 is 4.90 Å². The summed E-state index contributed by atoms with van der Waals surface area (Å²) in [6.07, 6.45) is 4.51. The summed E-state index contributed by atoms with van der Waals surface area (Å²) in [6, 6.07) is 2.81. The van der Waals surface area contributed by atoms with E-state index in [1.165, 1.54) is 24.9 Å². The summed E-state index contributed by atoms with van der Waals surface area (Å²) in [5, 5.41) is 0. The molecule has 4 heteroatoms. The Kier molecular flexibility index (Phi) is 5.06. The van der Waals surface area contributed by atoms with Gasteiger partial charge in [-0.3, -0.25) is 4.90 Å². The van der Waals surface area contributed by atoms with E-state index < -0.39 is 0 Å². The van der Waals surface area contributed by atoms with Crippen LogP contribution in [0, 0.1) is 6.92 Å². The van der Waals surface area contributed by atoms with Crippen molar-refractivity contribution in [2.75, 3.05) is 31.6 Å². The highest BCUT2D eigenvalue weighted by Crippen LogP contribution is 2.22. The number of rotatable bonds is 5. The average Bonchev–Trinajstić information content (AvgIpc) is 2.85. The quantitative estimate of drug-likeness (QED) is 0.774. The molecule has 19 heavy (non-hydrogen) atoms. The third kappa shape index (κ3) is 3.40. The molecule has 1 aliphatic heterocycles. The molecule has 1 atom stereocenters. The highest BCUT2D eigenvalue weighted by atomic mass is 35.5. The van der Waals surface area contributed by atoms with Crippen LogP contribution in [-0.2, 0) is 5.88 Å². The lowest BCUT2D eigenvalue weighted by molar-refractivity contribution is 0.270. The van der Waals surface area contributed by atoms with Gasteiger partial charge < -0.3 is 4.90 Å². The van der Waals surface area contributed by atoms with Crippen LogP contribution in [-0.4, -0.2) is 42.6 Å². The third-order valence-electron chi connectivity index (χ3n) is 4.01. The van der Waals surface area contributed by atoms with Crippen LogP contribution in [0.4, 0.5) is 5.82 Å². The number of hydrogen-bond donors (Lipinski definition) is 0. The van der Waals surface area contributed by atoms with E-state index in [0.29, 0.717) is 11.9 Å². The van der Waals surface area contributed by atoms with Gasteiger partial charge in [0.2, 0.25) is 0 Å². The van der Waals surface area contributed by atoms with E-state index in [1.807, 2.05) is 6.20 Å². The van der Waals surface area contributed by atoms with Gasteiger partial charge in [-0.1, -0.05) is 6.92 Å². The highest BCUT2D eigenvalue weighted by molar-refractivity contribution is 6.17. The zero-order valence-corrected chi connectivity index (χ0v) is 13.0. The second-order valence-electron chi connectivity index (χ2n) is 5.42. The fourth-order valence-corrected chi connectivity index (χ4v) is 3.17. The molecule has 0 bridgehead atoms. The maximum absolute atomic E-state index is 5.85. The van der Waals surface area contributed by atoms with Crippen molar-refractivity contribution >= 4 is 17.4 Å². The van der Waals surface area contributed by atoms with Gasteiger partial charge in [-0.05, 0) is 50.0 Å². The number of likely N-dealkylation sites (N-methyl/N-ethyl adjacent to an activating group) is 2. The average molecular weight is 282 g/mol. The van der Waals surface area contributed by atoms with Crippen LogP contribution in [0.3, 0.4) is 0 Å². The van der Waals surface area contributed by atoms with E-state index in [0.717, 1.165) is 24.5 Å². The predicted molar refractivity (Wildman–Crippen MR) is 82.1 cm³/mol. The predicted octanol–water partition coefficient (Wildman–Crippen LogP) is 3.05. The Hall–Kier alpha value is -0.800. The second-order valence-corrected chi connectivity index (χ2v) is 5.69. The van der Waals surface area contributed by atoms with Gasteiger partial charge in [0.05, 0.1) is 0 Å². The summed E-state index contributed by atoms with van der Waals surface area (Å²) in [5.74, 6) is 1.61. The monoisotopic (exact) mass is 281 g/mol. The van der Waals surface area contributed by atoms with Crippen LogP contribution in [0.1, 0.15) is 30.9 Å². The molecule has 0 saturated carbocycles. The third-order valence-corrected chi connectivity index (χ3v) is 4.32. The SMILES string of the molecule is CCN1CCCC1CN(C)c1ncc(CCl)cc1C. The van der Waals surface area contributed by atoms with Crippen LogP contribution in [0.2, 0.25) is 0 Å². The van der Waals surface area contributed by atoms with Crippen molar-refractivity contribution < 1.29 is 0 Å². The van der Waals surface area contributed by atoms with Crippen molar-refractivity contribution in [2.24, 2.45) is 0 Å². The molecular weight excluding hydrogens is 258 g/mol. The fraction of sp³-hybridized carbons (Fsp3) is 0.667. The normalized spacial score (nSPS) is 19.9. The first-order valence-electron chi connectivity index (χ1n) is 7.12. The van der Waals surface area contributed by atoms with E-state index in [1.54, 1.807) is 0 Å². The maximum atomic E-state index is 5.85. The Bertz CT molecular complexity index is 422. The van der Waals surface area contributed by atoms with Gasteiger partial charge in [-0.25, -0.2) is 4.98 Å². The minimum atomic E-state index is 0.532. The van der Waals surface area contributed by atoms with E-state index >= 15 is 0 Å². The van der Waals surface area contributed by atoms with Gasteiger partial charge in [-0.2, -0.15) is 0 Å². The van der Waals surface area contributed by atoms with Crippen molar-refractivity contribution in [1.29, 1.82) is 0 Å². The standard InChI is InChI=1S/C15H24ClN3/c1-4-19-7-5-6-14(19)11-18(3)15-12(2)8-13(9-16)10-17-15/h8,10,14H,4-7,9,11H2,1-3H3. The molecule has 1 fully saturated rings. The number of aromatic nitrogens is 1. The number of anilines is 1. The summed E-state index contributed by atoms with van der Waals surface area (Å²) < 4.78 is 0. The summed E-state index contributed by atoms with van der Waals surface area (Å²) in [7, 11) is 2.14. The van der Waals surface area contributed by atoms with E-state index in [4.69, 9.17) is 11.6 Å². The molecule has 0 N–H and O–H groups in total. The number of nitrogens with zero attached hydrogens (tertiary/aromatic N) is 3. The van der Waals surface area contributed by atoms with Gasteiger partial charge in [0.15, 0.2) is 0 Å². The molecule has 1 unspecified atom stereocenters. The van der Waals surface area contributed by atoms with E-state index in [2.05, 4.69) is 41.7 Å². The van der Waals surface area contributed by atoms with E-state index in [9.17, 15) is 0 Å². The number of likely N-dealkylation sites (tertiary alicyclic amines) is 1. The van der Waals surface area contributed by atoms with Crippen LogP contribution in [0.25, 0.3) is 0 Å². The number of hydrogen-bond acceptors (Lipinski definition) is 3. The van der Waals surface area contributed by atoms with E-state index in [-0.39, 0.29) is 0 Å². The van der Waals surface area contributed by atoms with Crippen molar-refractivity contribution in [1.82, 2.24) is 9.88 Å². The molecule has 0 aromatic carbocycles. The Morgan fingerprint density at radius 3 is 2.95 bits per heavy atom. The van der Waals surface area contributed by atoms with Crippen molar-refractivity contribution in [3.05, 3.63) is 23.4 Å². The van der Waals surface area contributed by atoms with Gasteiger partial charge in [-0.15, -0.1) is 11.6 Å². The number of halogens is 1. The minimum Gasteiger partial charge on any atom is -0.358 e. The molecule has 1 aromatic heterocycles. The molecular formula is C15H24ClN3. The molecule has 1 saturated heterocycles. The first kappa shape index (κ1) is 14.6. The first-order valence-corrected chi connectivity index (χ1v) is 7.65. The maximum Gasteiger partial charge on any atom is 0.131 e. The molecule has 0 aliphatic carbocycles. The van der Waals surface area contributed by atoms with Crippen molar-refractivity contribution in [2.45, 2.75) is 38.6 Å². The Morgan fingerprint density at radius 1 is 1.53 bits per heavy atom. The minimum absolute atomic E-state index is 0.532. The Labute approximate surface area is 121 Å². The number of alkyl halides is 1. The summed E-state index contributed by atoms with van der Waals surface area (Å²) in [6.45, 7) is 7.81. The Balaban J connectivity index is 2.05. The lowest BCUT2D eigenvalue weighted by Crippen LogP contribution is -2.39. The molecule has 2 rings (SSSR count). The molecule has 1 aliphatic rings. The zero-order chi connectivity index (χ0) is 13.8. The molecule has 2 heterocycles. The zero-order valence-electron chi connectivity index (χ0n) is 12.2. The summed E-state index contributed by atoms with van der Waals surface area (Å²) in [4.78, 5) is 9.42. The van der Waals surface area contributed by atoms with Crippen molar-refractivity contribution in [3.8, 4) is 0 Å². The lowest BCUT2D eigenvalue weighted by atomic mass is 10.2. The van der Waals surface area contributed by atoms with Gasteiger partial charge in [0.25, 0.3) is 0 Å². The molecule has 3 nitrogen and oxygen atoms in total. The molecule has 0 amide bonds. The van der Waals surface area contributed by atoms with Crippen LogP contribution in [0.5, 0.6) is 0 Å². The van der Waals surface area contributed by atoms with Gasteiger partial charge in [0.1, 0.15) is 5.82 Å². The van der Waals surface area contributed by atoms with Crippen LogP contribution in [0.15, 0.2) is 12.3 Å². The second kappa shape index (κ2) is 6.58. The molecule has 0 spiro atoms. The van der Waals surface area contributed by atoms with Crippen molar-refractivity contribution in [3.63, 3.8) is 0 Å². The largest absolute Gasteiger partial charge is 0.358 e. The topological polar surface area (TPSA) is 19.4 Å². The van der Waals surface area contributed by atoms with Gasteiger partial charge in [0, 0.05) is 31.7 Å². The number of pyridine rings is 1. The van der Waals surface area contributed by atoms with Crippen LogP contribution >= 0.6 is 11.6 Å². The molecule has 1 aromatic rings. The lowest BCUT2D eigenvalue weighted by Gasteiger charge is -2.29. The van der Waals surface area contributed by atoms with Gasteiger partial charge >= 0.3 is 0 Å². The Morgan fingerprint density at radius 2 is 2.32 bits per heavy atom. The highest BCUT2D eigenvalue weighted by Gasteiger charge is 2.24. The molecule has 106 valence electrons. The first-order chi connectivity index (χ1) is 9.15. The summed E-state index contributed by atoms with van der Waals surface area (Å²) in [5.41, 5.74) is 2.30. The summed E-state index contributed by atoms with van der Waals surface area (Å²) >= 11 is 5.85. The molecule has 0 radical (unpaired) electrons.